The maximum absolute atomic E-state index is 12.6. The summed E-state index contributed by atoms with van der Waals surface area (Å²) in [4.78, 5) is 27.1. The number of carbonyl (C=O) groups excluding carboxylic acids is 1. The van der Waals surface area contributed by atoms with E-state index in [1.807, 2.05) is 4.90 Å². The highest BCUT2D eigenvalue weighted by Crippen LogP contribution is 2.26. The van der Waals surface area contributed by atoms with Crippen molar-refractivity contribution in [2.75, 3.05) is 33.4 Å². The highest BCUT2D eigenvalue weighted by molar-refractivity contribution is 5.80. The van der Waals surface area contributed by atoms with E-state index in [0.29, 0.717) is 19.0 Å². The lowest BCUT2D eigenvalue weighted by Gasteiger charge is -2.37. The van der Waals surface area contributed by atoms with Gasteiger partial charge in [-0.25, -0.2) is 4.79 Å². The second kappa shape index (κ2) is 7.64. The third-order valence-electron chi connectivity index (χ3n) is 4.60. The van der Waals surface area contributed by atoms with Crippen molar-refractivity contribution in [3.8, 4) is 0 Å². The molecular formula is C15H26N2O4. The summed E-state index contributed by atoms with van der Waals surface area (Å²) in [7, 11) is 1.70. The van der Waals surface area contributed by atoms with Gasteiger partial charge in [-0.1, -0.05) is 12.8 Å². The van der Waals surface area contributed by atoms with E-state index in [-0.39, 0.29) is 18.6 Å². The summed E-state index contributed by atoms with van der Waals surface area (Å²) in [5, 5.41) is 9.07. The Morgan fingerprint density at radius 2 is 1.81 bits per heavy atom. The summed E-state index contributed by atoms with van der Waals surface area (Å²) in [5.41, 5.74) is 0. The SMILES string of the molecule is COCC1CCN(C(=O)N(CC(=O)O)C2CCCC2)CC1. The fraction of sp³-hybridized carbons (Fsp3) is 0.867. The molecule has 1 aliphatic heterocycles. The van der Waals surface area contributed by atoms with Crippen LogP contribution in [0.1, 0.15) is 38.5 Å². The van der Waals surface area contributed by atoms with Crippen molar-refractivity contribution in [2.24, 2.45) is 5.92 Å². The summed E-state index contributed by atoms with van der Waals surface area (Å²) in [6.45, 7) is 1.97. The quantitative estimate of drug-likeness (QED) is 0.840. The second-order valence-corrected chi connectivity index (χ2v) is 6.13. The van der Waals surface area contributed by atoms with E-state index in [1.165, 1.54) is 0 Å². The normalized spacial score (nSPS) is 20.7. The van der Waals surface area contributed by atoms with Crippen LogP contribution in [0.25, 0.3) is 0 Å². The van der Waals surface area contributed by atoms with Gasteiger partial charge in [-0.15, -0.1) is 0 Å². The average Bonchev–Trinajstić information content (AvgIpc) is 2.99. The van der Waals surface area contributed by atoms with Crippen molar-refractivity contribution in [1.82, 2.24) is 9.80 Å². The van der Waals surface area contributed by atoms with Crippen LogP contribution in [0.2, 0.25) is 0 Å². The Kier molecular flexibility index (Phi) is 5.85. The Morgan fingerprint density at radius 1 is 1.19 bits per heavy atom. The fourth-order valence-corrected chi connectivity index (χ4v) is 3.42. The lowest BCUT2D eigenvalue weighted by Crippen LogP contribution is -2.51. The standard InChI is InChI=1S/C15H26N2O4/c1-21-11-12-6-8-16(9-7-12)15(20)17(10-14(18)19)13-4-2-3-5-13/h12-13H,2-11H2,1H3,(H,18,19). The predicted octanol–water partition coefficient (Wildman–Crippen LogP) is 1.79. The number of carboxylic acid groups (broad SMARTS) is 1. The number of aliphatic carboxylic acids is 1. The van der Waals surface area contributed by atoms with Crippen LogP contribution in [-0.4, -0.2) is 66.3 Å². The van der Waals surface area contributed by atoms with Crippen molar-refractivity contribution < 1.29 is 19.4 Å². The lowest BCUT2D eigenvalue weighted by molar-refractivity contribution is -0.138. The summed E-state index contributed by atoms with van der Waals surface area (Å²) >= 11 is 0. The number of carboxylic acids is 1. The molecule has 0 bridgehead atoms. The first-order chi connectivity index (χ1) is 10.1. The number of rotatable bonds is 5. The van der Waals surface area contributed by atoms with Gasteiger partial charge in [-0.2, -0.15) is 0 Å². The molecule has 0 radical (unpaired) electrons. The van der Waals surface area contributed by atoms with Crippen LogP contribution in [0.4, 0.5) is 4.79 Å². The van der Waals surface area contributed by atoms with Crippen LogP contribution >= 0.6 is 0 Å². The molecule has 1 heterocycles. The predicted molar refractivity (Wildman–Crippen MR) is 78.2 cm³/mol. The van der Waals surface area contributed by atoms with Gasteiger partial charge < -0.3 is 19.6 Å². The van der Waals surface area contributed by atoms with E-state index in [4.69, 9.17) is 9.84 Å². The molecule has 21 heavy (non-hydrogen) atoms. The molecule has 0 aromatic carbocycles. The minimum Gasteiger partial charge on any atom is -0.480 e. The molecule has 1 saturated carbocycles. The van der Waals surface area contributed by atoms with E-state index in [0.717, 1.165) is 45.1 Å². The molecule has 2 aliphatic rings. The van der Waals surface area contributed by atoms with Gasteiger partial charge in [0.25, 0.3) is 0 Å². The van der Waals surface area contributed by atoms with Crippen molar-refractivity contribution in [1.29, 1.82) is 0 Å². The highest BCUT2D eigenvalue weighted by atomic mass is 16.5. The number of piperidine rings is 1. The zero-order chi connectivity index (χ0) is 15.2. The highest BCUT2D eigenvalue weighted by Gasteiger charge is 2.32. The molecule has 2 fully saturated rings. The molecule has 1 aliphatic carbocycles. The molecule has 1 saturated heterocycles. The Bertz CT molecular complexity index is 361. The summed E-state index contributed by atoms with van der Waals surface area (Å²) < 4.78 is 5.17. The number of methoxy groups -OCH3 is 1. The first kappa shape index (κ1) is 16.1. The third-order valence-corrected chi connectivity index (χ3v) is 4.60. The molecule has 2 rings (SSSR count). The number of hydrogen-bond acceptors (Lipinski definition) is 3. The van der Waals surface area contributed by atoms with Gasteiger partial charge >= 0.3 is 12.0 Å². The molecule has 0 aromatic rings. The van der Waals surface area contributed by atoms with Gasteiger partial charge in [0.15, 0.2) is 0 Å². The Morgan fingerprint density at radius 3 is 2.33 bits per heavy atom. The molecule has 120 valence electrons. The Hall–Kier alpha value is -1.30. The number of nitrogens with zero attached hydrogens (tertiary/aromatic N) is 2. The van der Waals surface area contributed by atoms with Gasteiger partial charge in [-0.05, 0) is 31.6 Å². The maximum atomic E-state index is 12.6. The molecule has 0 atom stereocenters. The molecule has 1 N–H and O–H groups in total. The average molecular weight is 298 g/mol. The van der Waals surface area contributed by atoms with Crippen LogP contribution in [0.3, 0.4) is 0 Å². The van der Waals surface area contributed by atoms with Crippen molar-refractivity contribution in [3.63, 3.8) is 0 Å². The topological polar surface area (TPSA) is 70.1 Å². The van der Waals surface area contributed by atoms with Gasteiger partial charge in [0.2, 0.25) is 0 Å². The molecular weight excluding hydrogens is 272 g/mol. The first-order valence-corrected chi connectivity index (χ1v) is 7.88. The van der Waals surface area contributed by atoms with Gasteiger partial charge in [-0.3, -0.25) is 4.79 Å². The van der Waals surface area contributed by atoms with Crippen LogP contribution in [0, 0.1) is 5.92 Å². The van der Waals surface area contributed by atoms with Gasteiger partial charge in [0, 0.05) is 32.8 Å². The zero-order valence-corrected chi connectivity index (χ0v) is 12.8. The molecule has 0 aromatic heterocycles. The maximum Gasteiger partial charge on any atom is 0.323 e. The summed E-state index contributed by atoms with van der Waals surface area (Å²) in [6.07, 6.45) is 5.91. The van der Waals surface area contributed by atoms with Crippen molar-refractivity contribution in [2.45, 2.75) is 44.6 Å². The first-order valence-electron chi connectivity index (χ1n) is 7.88. The van der Waals surface area contributed by atoms with Crippen LogP contribution in [0.5, 0.6) is 0 Å². The molecule has 2 amide bonds. The van der Waals surface area contributed by atoms with E-state index in [2.05, 4.69) is 0 Å². The number of ether oxygens (including phenoxy) is 1. The zero-order valence-electron chi connectivity index (χ0n) is 12.8. The van der Waals surface area contributed by atoms with Crippen molar-refractivity contribution >= 4 is 12.0 Å². The number of likely N-dealkylation sites (tertiary alicyclic amines) is 1. The fourth-order valence-electron chi connectivity index (χ4n) is 3.42. The lowest BCUT2D eigenvalue weighted by atomic mass is 9.98. The number of carbonyl (C=O) groups is 2. The smallest absolute Gasteiger partial charge is 0.323 e. The van der Waals surface area contributed by atoms with E-state index < -0.39 is 5.97 Å². The largest absolute Gasteiger partial charge is 0.480 e. The van der Waals surface area contributed by atoms with Crippen molar-refractivity contribution in [3.05, 3.63) is 0 Å². The van der Waals surface area contributed by atoms with Gasteiger partial charge in [0.1, 0.15) is 6.54 Å². The summed E-state index contributed by atoms with van der Waals surface area (Å²) in [6, 6.07) is 0.00506. The van der Waals surface area contributed by atoms with E-state index in [9.17, 15) is 9.59 Å². The molecule has 6 nitrogen and oxygen atoms in total. The van der Waals surface area contributed by atoms with Crippen LogP contribution in [0.15, 0.2) is 0 Å². The summed E-state index contributed by atoms with van der Waals surface area (Å²) in [5.74, 6) is -0.414. The molecule has 0 unspecified atom stereocenters. The monoisotopic (exact) mass is 298 g/mol. The third kappa shape index (κ3) is 4.33. The number of urea groups is 1. The van der Waals surface area contributed by atoms with E-state index >= 15 is 0 Å². The number of amides is 2. The van der Waals surface area contributed by atoms with Gasteiger partial charge in [0.05, 0.1) is 0 Å². The molecule has 6 heteroatoms. The minimum absolute atomic E-state index is 0.0971. The number of hydrogen-bond donors (Lipinski definition) is 1. The van der Waals surface area contributed by atoms with Crippen LogP contribution in [-0.2, 0) is 9.53 Å². The van der Waals surface area contributed by atoms with Crippen LogP contribution < -0.4 is 0 Å². The van der Waals surface area contributed by atoms with E-state index in [1.54, 1.807) is 12.0 Å². The Balaban J connectivity index is 1.93. The minimum atomic E-state index is -0.926. The molecule has 0 spiro atoms. The second-order valence-electron chi connectivity index (χ2n) is 6.13. The Labute approximate surface area is 126 Å².